The van der Waals surface area contributed by atoms with Crippen LogP contribution in [0, 0.1) is 6.92 Å². The van der Waals surface area contributed by atoms with Gasteiger partial charge in [-0.1, -0.05) is 121 Å². The van der Waals surface area contributed by atoms with Gasteiger partial charge in [0.25, 0.3) is 6.71 Å². The number of hydrogen-bond donors (Lipinski definition) is 0. The van der Waals surface area contributed by atoms with Crippen LogP contribution >= 0.6 is 11.3 Å². The van der Waals surface area contributed by atoms with Gasteiger partial charge in [0.1, 0.15) is 11.2 Å². The van der Waals surface area contributed by atoms with E-state index < -0.39 is 0 Å². The van der Waals surface area contributed by atoms with E-state index in [0.717, 1.165) is 16.6 Å². The van der Waals surface area contributed by atoms with Crippen LogP contribution < -0.4 is 25.5 Å². The molecule has 8 aromatic rings. The third-order valence-electron chi connectivity index (χ3n) is 17.3. The molecule has 3 nitrogen and oxygen atoms in total. The number of hydrogen-bond acceptors (Lipinski definition) is 4. The average Bonchev–Trinajstić information content (AvgIpc) is 3.83. The first kappa shape index (κ1) is 44.0. The number of thiophene rings is 1. The van der Waals surface area contributed by atoms with Crippen molar-refractivity contribution < 1.29 is 4.42 Å². The third-order valence-corrected chi connectivity index (χ3v) is 18.5. The smallest absolute Gasteiger partial charge is 0.264 e. The van der Waals surface area contributed by atoms with E-state index in [1.54, 1.807) is 0 Å². The molecule has 0 amide bonds. The summed E-state index contributed by atoms with van der Waals surface area (Å²) in [5.41, 5.74) is 22.7. The normalized spacial score (nSPS) is 18.7. The standard InChI is InChI=1S/C63H69BN2OS/c1-36-28-50-55-51(29-36)66(40-21-23-53-42(31-40)41-30-38(59(5,6)7)18-22-52(41)67-53)56-43-32-44-47(63(14,15)27-24-60(44,8)9)35-54(43)68-57(56)64(55)48-33-45-46(62(12,13)26-25-61(45,10)11)34-49(48)65(50)39-19-16-37(17-20-39)58(2,3)4/h16-23,28-35H,24-27H2,1-15H3. The monoisotopic (exact) mass is 913 g/mol. The minimum Gasteiger partial charge on any atom is -0.456 e. The van der Waals surface area contributed by atoms with Crippen molar-refractivity contribution in [3.63, 3.8) is 0 Å². The lowest BCUT2D eigenvalue weighted by atomic mass is 9.35. The Bertz CT molecular complexity index is 3450. The van der Waals surface area contributed by atoms with Crippen LogP contribution in [-0.2, 0) is 32.5 Å². The lowest BCUT2D eigenvalue weighted by Gasteiger charge is -2.47. The van der Waals surface area contributed by atoms with E-state index in [4.69, 9.17) is 4.42 Å². The number of benzene rings is 6. The van der Waals surface area contributed by atoms with Crippen molar-refractivity contribution in [2.45, 2.75) is 162 Å². The number of nitrogens with zero attached hydrogens (tertiary/aromatic N) is 2. The highest BCUT2D eigenvalue weighted by molar-refractivity contribution is 7.33. The van der Waals surface area contributed by atoms with Crippen LogP contribution in [0.1, 0.15) is 162 Å². The third kappa shape index (κ3) is 6.35. The maximum absolute atomic E-state index is 6.63. The van der Waals surface area contributed by atoms with Crippen molar-refractivity contribution in [1.82, 2.24) is 0 Å². The molecule has 2 aliphatic heterocycles. The van der Waals surface area contributed by atoms with E-state index >= 15 is 0 Å². The van der Waals surface area contributed by atoms with E-state index in [-0.39, 0.29) is 39.2 Å². The van der Waals surface area contributed by atoms with Gasteiger partial charge in [-0.15, -0.1) is 11.3 Å². The summed E-state index contributed by atoms with van der Waals surface area (Å²) < 4.78 is 9.46. The fourth-order valence-electron chi connectivity index (χ4n) is 12.8. The van der Waals surface area contributed by atoms with Gasteiger partial charge in [0, 0.05) is 54.1 Å². The van der Waals surface area contributed by atoms with Gasteiger partial charge in [-0.05, 0) is 188 Å². The Labute approximate surface area is 410 Å². The van der Waals surface area contributed by atoms with E-state index in [1.807, 2.05) is 0 Å². The lowest BCUT2D eigenvalue weighted by Crippen LogP contribution is -2.61. The maximum Gasteiger partial charge on any atom is 0.264 e. The fraction of sp³-hybridized carbons (Fsp3) is 0.397. The molecule has 6 aromatic carbocycles. The SMILES string of the molecule is Cc1cc2c3c(c1)N(c1ccc4oc5ccc(C(C)(C)C)cc5c4c1)c1c(sc4cc5c(cc14)C(C)(C)CCC5(C)C)B3c1cc3c(cc1N2c1ccc(C(C)(C)C)cc1)C(C)(C)CCC3(C)C. The molecule has 5 heteroatoms. The molecule has 0 atom stereocenters. The van der Waals surface area contributed by atoms with Gasteiger partial charge in [0.05, 0.1) is 5.69 Å². The molecule has 0 unspecified atom stereocenters. The van der Waals surface area contributed by atoms with Crippen molar-refractivity contribution >= 4 is 99.9 Å². The molecule has 12 rings (SSSR count). The molecule has 0 fully saturated rings. The van der Waals surface area contributed by atoms with Crippen molar-refractivity contribution in [3.8, 4) is 0 Å². The summed E-state index contributed by atoms with van der Waals surface area (Å²) in [7, 11) is 0. The first-order chi connectivity index (χ1) is 31.8. The van der Waals surface area contributed by atoms with Crippen molar-refractivity contribution in [2.75, 3.05) is 9.80 Å². The molecular formula is C63H69BN2OS. The summed E-state index contributed by atoms with van der Waals surface area (Å²) in [5.74, 6) is 0. The molecular weight excluding hydrogens is 844 g/mol. The number of fused-ring (bicyclic) bond motifs is 11. The minimum absolute atomic E-state index is 0.0172. The predicted octanol–water partition coefficient (Wildman–Crippen LogP) is 16.5. The Morgan fingerprint density at radius 2 is 1.00 bits per heavy atom. The number of furan rings is 1. The van der Waals surface area contributed by atoms with Crippen LogP contribution in [0.2, 0.25) is 0 Å². The van der Waals surface area contributed by atoms with Gasteiger partial charge in [-0.25, -0.2) is 0 Å². The Kier molecular flexibility index (Phi) is 9.03. The molecule has 346 valence electrons. The molecule has 2 aliphatic carbocycles. The molecule has 0 saturated heterocycles. The fourth-order valence-corrected chi connectivity index (χ4v) is 14.1. The van der Waals surface area contributed by atoms with Crippen LogP contribution in [0.4, 0.5) is 34.1 Å². The van der Waals surface area contributed by atoms with Gasteiger partial charge in [-0.2, -0.15) is 0 Å². The highest BCUT2D eigenvalue weighted by Gasteiger charge is 2.49. The summed E-state index contributed by atoms with van der Waals surface area (Å²) in [4.78, 5) is 5.32. The maximum atomic E-state index is 6.63. The van der Waals surface area contributed by atoms with E-state index in [9.17, 15) is 0 Å². The molecule has 2 aromatic heterocycles. The lowest BCUT2D eigenvalue weighted by molar-refractivity contribution is 0.332. The highest BCUT2D eigenvalue weighted by atomic mass is 32.1. The Hall–Kier alpha value is -5.26. The van der Waals surface area contributed by atoms with Gasteiger partial charge in [0.2, 0.25) is 0 Å². The summed E-state index contributed by atoms with van der Waals surface area (Å²) in [6, 6.07) is 38.9. The first-order valence-electron chi connectivity index (χ1n) is 25.4. The number of rotatable bonds is 2. The second kappa shape index (κ2) is 14.0. The zero-order chi connectivity index (χ0) is 48.0. The van der Waals surface area contributed by atoms with E-state index in [1.165, 1.54) is 130 Å². The second-order valence-electron chi connectivity index (χ2n) is 26.1. The van der Waals surface area contributed by atoms with Crippen molar-refractivity contribution in [1.29, 1.82) is 0 Å². The van der Waals surface area contributed by atoms with Crippen LogP contribution in [0.5, 0.6) is 0 Å². The molecule has 4 aliphatic rings. The molecule has 0 saturated carbocycles. The van der Waals surface area contributed by atoms with Crippen LogP contribution in [-0.4, -0.2) is 6.71 Å². The minimum atomic E-state index is 0.0172. The van der Waals surface area contributed by atoms with Gasteiger partial charge < -0.3 is 14.2 Å². The van der Waals surface area contributed by atoms with Crippen molar-refractivity contribution in [2.24, 2.45) is 0 Å². The van der Waals surface area contributed by atoms with E-state index in [2.05, 4.69) is 222 Å². The van der Waals surface area contributed by atoms with Crippen LogP contribution in [0.15, 0.2) is 101 Å². The van der Waals surface area contributed by atoms with Crippen LogP contribution in [0.25, 0.3) is 32.0 Å². The molecule has 68 heavy (non-hydrogen) atoms. The van der Waals surface area contributed by atoms with Crippen LogP contribution in [0.3, 0.4) is 0 Å². The molecule has 4 heterocycles. The Morgan fingerprint density at radius 3 is 1.60 bits per heavy atom. The summed E-state index contributed by atoms with van der Waals surface area (Å²) >= 11 is 2.05. The van der Waals surface area contributed by atoms with Gasteiger partial charge in [-0.3, -0.25) is 0 Å². The Balaban J connectivity index is 1.21. The van der Waals surface area contributed by atoms with Gasteiger partial charge >= 0.3 is 0 Å². The van der Waals surface area contributed by atoms with Crippen molar-refractivity contribution in [3.05, 3.63) is 136 Å². The number of anilines is 6. The molecule has 0 N–H and O–H groups in total. The summed E-state index contributed by atoms with van der Waals surface area (Å²) in [6.07, 6.45) is 4.73. The second-order valence-corrected chi connectivity index (χ2v) is 27.1. The highest BCUT2D eigenvalue weighted by Crippen LogP contribution is 2.54. The Morgan fingerprint density at radius 1 is 0.500 bits per heavy atom. The molecule has 0 bridgehead atoms. The molecule has 0 spiro atoms. The molecule has 0 radical (unpaired) electrons. The zero-order valence-corrected chi connectivity index (χ0v) is 44.2. The van der Waals surface area contributed by atoms with E-state index in [0.29, 0.717) is 0 Å². The first-order valence-corrected chi connectivity index (χ1v) is 26.3. The zero-order valence-electron chi connectivity index (χ0n) is 43.4. The largest absolute Gasteiger partial charge is 0.456 e. The summed E-state index contributed by atoms with van der Waals surface area (Å²) in [6.45, 7) is 36.1. The average molecular weight is 913 g/mol. The summed E-state index contributed by atoms with van der Waals surface area (Å²) in [5, 5.41) is 3.71. The quantitative estimate of drug-likeness (QED) is 0.161. The number of aryl methyl sites for hydroxylation is 1. The topological polar surface area (TPSA) is 19.6 Å². The van der Waals surface area contributed by atoms with Gasteiger partial charge in [0.15, 0.2) is 0 Å². The predicted molar refractivity (Wildman–Crippen MR) is 296 cm³/mol.